The first-order valence-corrected chi connectivity index (χ1v) is 5.27. The molecule has 0 radical (unpaired) electrons. The van der Waals surface area contributed by atoms with Gasteiger partial charge in [-0.05, 0) is 12.1 Å². The standard InChI is InChI=1S/C9H13N3O2S/c1-6(5-13)15-7-3-2-4-11-8(7)9(10)12-14/h2-4,6,13-14H,5H2,1H3,(H2,10,12). The molecule has 1 heterocycles. The molecule has 1 rings (SSSR count). The van der Waals surface area contributed by atoms with E-state index >= 15 is 0 Å². The van der Waals surface area contributed by atoms with E-state index in [0.717, 1.165) is 4.90 Å². The summed E-state index contributed by atoms with van der Waals surface area (Å²) in [6, 6.07) is 3.58. The molecule has 0 amide bonds. The number of amidine groups is 1. The zero-order chi connectivity index (χ0) is 11.3. The molecule has 0 spiro atoms. The van der Waals surface area contributed by atoms with Crippen LogP contribution in [0, 0.1) is 0 Å². The van der Waals surface area contributed by atoms with Gasteiger partial charge in [0.05, 0.1) is 6.61 Å². The average Bonchev–Trinajstić information content (AvgIpc) is 2.28. The van der Waals surface area contributed by atoms with Gasteiger partial charge in [-0.15, -0.1) is 11.8 Å². The van der Waals surface area contributed by atoms with E-state index in [4.69, 9.17) is 16.0 Å². The average molecular weight is 227 g/mol. The molecule has 0 aliphatic heterocycles. The Morgan fingerprint density at radius 1 is 1.73 bits per heavy atom. The second-order valence-corrected chi connectivity index (χ2v) is 4.43. The molecule has 82 valence electrons. The number of aliphatic hydroxyl groups excluding tert-OH is 1. The number of aliphatic hydroxyl groups is 1. The van der Waals surface area contributed by atoms with E-state index in [1.807, 2.05) is 13.0 Å². The van der Waals surface area contributed by atoms with E-state index < -0.39 is 0 Å². The van der Waals surface area contributed by atoms with E-state index in [9.17, 15) is 0 Å². The maximum atomic E-state index is 8.93. The number of hydrogen-bond donors (Lipinski definition) is 3. The van der Waals surface area contributed by atoms with Gasteiger partial charge in [0, 0.05) is 16.3 Å². The van der Waals surface area contributed by atoms with Crippen molar-refractivity contribution in [2.45, 2.75) is 17.1 Å². The molecule has 0 aliphatic carbocycles. The van der Waals surface area contributed by atoms with E-state index in [1.165, 1.54) is 11.8 Å². The SMILES string of the molecule is CC(CO)Sc1cccnc1/C(N)=N/O. The van der Waals surface area contributed by atoms with Gasteiger partial charge < -0.3 is 16.0 Å². The van der Waals surface area contributed by atoms with Crippen molar-refractivity contribution in [2.75, 3.05) is 6.61 Å². The number of nitrogens with two attached hydrogens (primary N) is 1. The van der Waals surface area contributed by atoms with Gasteiger partial charge in [0.1, 0.15) is 5.69 Å². The number of nitrogens with zero attached hydrogens (tertiary/aromatic N) is 2. The predicted molar refractivity (Wildman–Crippen MR) is 59.2 cm³/mol. The number of aromatic nitrogens is 1. The van der Waals surface area contributed by atoms with Crippen LogP contribution >= 0.6 is 11.8 Å². The molecule has 0 aliphatic rings. The first kappa shape index (κ1) is 11.8. The van der Waals surface area contributed by atoms with Gasteiger partial charge in [0.15, 0.2) is 5.84 Å². The fourth-order valence-corrected chi connectivity index (χ4v) is 1.91. The second-order valence-electron chi connectivity index (χ2n) is 2.95. The summed E-state index contributed by atoms with van der Waals surface area (Å²) in [5.74, 6) is -0.0248. The molecule has 5 nitrogen and oxygen atoms in total. The van der Waals surface area contributed by atoms with Crippen molar-refractivity contribution in [3.8, 4) is 0 Å². The van der Waals surface area contributed by atoms with Gasteiger partial charge in [0.25, 0.3) is 0 Å². The largest absolute Gasteiger partial charge is 0.409 e. The number of thioether (sulfide) groups is 1. The molecule has 1 atom stereocenters. The second kappa shape index (κ2) is 5.57. The zero-order valence-electron chi connectivity index (χ0n) is 8.29. The maximum absolute atomic E-state index is 8.93. The van der Waals surface area contributed by atoms with Crippen molar-refractivity contribution in [2.24, 2.45) is 10.9 Å². The van der Waals surface area contributed by atoms with Crippen LogP contribution in [0.5, 0.6) is 0 Å². The Balaban J connectivity index is 2.96. The molecule has 1 aromatic heterocycles. The monoisotopic (exact) mass is 227 g/mol. The lowest BCUT2D eigenvalue weighted by molar-refractivity contribution is 0.300. The van der Waals surface area contributed by atoms with Gasteiger partial charge in [0.2, 0.25) is 0 Å². The van der Waals surface area contributed by atoms with E-state index in [0.29, 0.717) is 5.69 Å². The number of hydrogen-bond acceptors (Lipinski definition) is 5. The maximum Gasteiger partial charge on any atom is 0.189 e. The van der Waals surface area contributed by atoms with Crippen LogP contribution < -0.4 is 5.73 Å². The summed E-state index contributed by atoms with van der Waals surface area (Å²) in [6.45, 7) is 1.95. The Labute approximate surface area is 92.0 Å². The topological polar surface area (TPSA) is 91.7 Å². The van der Waals surface area contributed by atoms with Crippen molar-refractivity contribution in [3.05, 3.63) is 24.0 Å². The number of oxime groups is 1. The molecule has 0 saturated carbocycles. The summed E-state index contributed by atoms with van der Waals surface area (Å²) in [4.78, 5) is 4.80. The van der Waals surface area contributed by atoms with Gasteiger partial charge in [-0.25, -0.2) is 0 Å². The first-order valence-electron chi connectivity index (χ1n) is 4.39. The molecule has 0 fully saturated rings. The van der Waals surface area contributed by atoms with Crippen molar-refractivity contribution >= 4 is 17.6 Å². The summed E-state index contributed by atoms with van der Waals surface area (Å²) in [5.41, 5.74) is 5.91. The van der Waals surface area contributed by atoms with Crippen LogP contribution in [0.15, 0.2) is 28.4 Å². The van der Waals surface area contributed by atoms with Gasteiger partial charge >= 0.3 is 0 Å². The summed E-state index contributed by atoms with van der Waals surface area (Å²) in [6.07, 6.45) is 1.57. The summed E-state index contributed by atoms with van der Waals surface area (Å²) in [7, 11) is 0. The molecule has 1 unspecified atom stereocenters. The van der Waals surface area contributed by atoms with Crippen LogP contribution in [0.25, 0.3) is 0 Å². The molecule has 0 aromatic carbocycles. The minimum Gasteiger partial charge on any atom is -0.409 e. The van der Waals surface area contributed by atoms with Crippen molar-refractivity contribution in [1.82, 2.24) is 4.98 Å². The molecule has 1 aromatic rings. The third-order valence-corrected chi connectivity index (χ3v) is 2.84. The van der Waals surface area contributed by atoms with E-state index in [1.54, 1.807) is 12.3 Å². The lowest BCUT2D eigenvalue weighted by Crippen LogP contribution is -2.16. The molecular weight excluding hydrogens is 214 g/mol. The minimum atomic E-state index is -0.0248. The molecule has 4 N–H and O–H groups in total. The van der Waals surface area contributed by atoms with Crippen LogP contribution in [0.4, 0.5) is 0 Å². The highest BCUT2D eigenvalue weighted by Gasteiger charge is 2.11. The summed E-state index contributed by atoms with van der Waals surface area (Å²) >= 11 is 1.43. The predicted octanol–water partition coefficient (Wildman–Crippen LogP) is 0.649. The molecule has 0 saturated heterocycles. The number of pyridine rings is 1. The summed E-state index contributed by atoms with van der Waals surface area (Å²) < 4.78 is 0. The molecule has 6 heteroatoms. The first-order chi connectivity index (χ1) is 7.19. The Hall–Kier alpha value is -1.27. The number of rotatable bonds is 4. The Morgan fingerprint density at radius 3 is 3.07 bits per heavy atom. The van der Waals surface area contributed by atoms with E-state index in [2.05, 4.69) is 10.1 Å². The van der Waals surface area contributed by atoms with E-state index in [-0.39, 0.29) is 17.7 Å². The normalized spacial score (nSPS) is 13.9. The fourth-order valence-electron chi connectivity index (χ4n) is 0.979. The van der Waals surface area contributed by atoms with Crippen LogP contribution in [-0.2, 0) is 0 Å². The smallest absolute Gasteiger partial charge is 0.189 e. The third kappa shape index (κ3) is 3.10. The lowest BCUT2D eigenvalue weighted by Gasteiger charge is -2.10. The quantitative estimate of drug-likeness (QED) is 0.231. The van der Waals surface area contributed by atoms with Crippen molar-refractivity contribution < 1.29 is 10.3 Å². The zero-order valence-corrected chi connectivity index (χ0v) is 9.11. The third-order valence-electron chi connectivity index (χ3n) is 1.71. The highest BCUT2D eigenvalue weighted by molar-refractivity contribution is 8.00. The minimum absolute atomic E-state index is 0.0248. The Morgan fingerprint density at radius 2 is 2.47 bits per heavy atom. The van der Waals surface area contributed by atoms with Crippen LogP contribution in [0.2, 0.25) is 0 Å². The van der Waals surface area contributed by atoms with Crippen LogP contribution in [0.3, 0.4) is 0 Å². The molecule has 0 bridgehead atoms. The van der Waals surface area contributed by atoms with Gasteiger partial charge in [-0.2, -0.15) is 0 Å². The molecule has 15 heavy (non-hydrogen) atoms. The lowest BCUT2D eigenvalue weighted by atomic mass is 10.3. The Kier molecular flexibility index (Phi) is 4.38. The van der Waals surface area contributed by atoms with Crippen LogP contribution in [0.1, 0.15) is 12.6 Å². The molecular formula is C9H13N3O2S. The highest BCUT2D eigenvalue weighted by atomic mass is 32.2. The van der Waals surface area contributed by atoms with Gasteiger partial charge in [-0.3, -0.25) is 4.98 Å². The Bertz CT molecular complexity index is 357. The summed E-state index contributed by atoms with van der Waals surface area (Å²) in [5, 5.41) is 20.4. The fraction of sp³-hybridized carbons (Fsp3) is 0.333. The van der Waals surface area contributed by atoms with Crippen LogP contribution in [-0.4, -0.2) is 33.0 Å². The highest BCUT2D eigenvalue weighted by Crippen LogP contribution is 2.24. The van der Waals surface area contributed by atoms with Crippen molar-refractivity contribution in [1.29, 1.82) is 0 Å². The van der Waals surface area contributed by atoms with Gasteiger partial charge in [-0.1, -0.05) is 12.1 Å². The van der Waals surface area contributed by atoms with Crippen molar-refractivity contribution in [3.63, 3.8) is 0 Å².